The number of carbonyl (C=O) groups is 2. The number of carbonyl (C=O) groups excluding carboxylic acids is 2. The molecule has 5 N–H and O–H groups in total. The topological polar surface area (TPSA) is 164 Å². The van der Waals surface area contributed by atoms with Gasteiger partial charge in [-0.15, -0.1) is 0 Å². The number of amides is 2. The van der Waals surface area contributed by atoms with Crippen LogP contribution < -0.4 is 30.9 Å². The summed E-state index contributed by atoms with van der Waals surface area (Å²) in [6, 6.07) is 23.4. The van der Waals surface area contributed by atoms with E-state index in [0.717, 1.165) is 75.6 Å². The van der Waals surface area contributed by atoms with E-state index in [-0.39, 0.29) is 16.7 Å². The van der Waals surface area contributed by atoms with E-state index in [4.69, 9.17) is 4.98 Å². The van der Waals surface area contributed by atoms with Crippen LogP contribution in [0.15, 0.2) is 83.9 Å². The summed E-state index contributed by atoms with van der Waals surface area (Å²) in [6.45, 7) is 14.2. The number of piperazine rings is 1. The number of benzene rings is 3. The smallest absolute Gasteiger partial charge is 0.249 e. The van der Waals surface area contributed by atoms with Gasteiger partial charge < -0.3 is 20.9 Å². The lowest BCUT2D eigenvalue weighted by Gasteiger charge is -2.43. The van der Waals surface area contributed by atoms with Gasteiger partial charge in [0.2, 0.25) is 27.8 Å². The second kappa shape index (κ2) is 17.2. The van der Waals surface area contributed by atoms with Gasteiger partial charge in [-0.05, 0) is 101 Å². The van der Waals surface area contributed by atoms with Crippen LogP contribution in [0.1, 0.15) is 57.6 Å². The molecular formula is C42H54N10O4S. The maximum Gasteiger partial charge on any atom is 0.249 e. The molecule has 3 fully saturated rings. The molecule has 0 saturated carbocycles. The molecule has 0 bridgehead atoms. The fourth-order valence-corrected chi connectivity index (χ4v) is 9.15. The molecule has 7 rings (SSSR count). The lowest BCUT2D eigenvalue weighted by Crippen LogP contribution is -2.53. The number of anilines is 6. The SMILES string of the molecule is Cc1cnc(Nc2ccc(N3CCC(N4CCN(Cc5ccccc5NC5CCC(=O)NC5=O)CC4)CC3)cc2)nc1Nc1cccc(S(=O)(=O)NC(C)(C)C)c1. The van der Waals surface area contributed by atoms with Gasteiger partial charge in [-0.2, -0.15) is 4.98 Å². The molecule has 15 heteroatoms. The predicted molar refractivity (Wildman–Crippen MR) is 225 cm³/mol. The minimum atomic E-state index is -3.69. The third kappa shape index (κ3) is 10.5. The van der Waals surface area contributed by atoms with Gasteiger partial charge in [-0.1, -0.05) is 24.3 Å². The number of nitrogens with zero attached hydrogens (tertiary/aromatic N) is 5. The molecule has 3 aromatic carbocycles. The first-order valence-electron chi connectivity index (χ1n) is 19.8. The van der Waals surface area contributed by atoms with Crippen molar-refractivity contribution in [1.29, 1.82) is 0 Å². The summed E-state index contributed by atoms with van der Waals surface area (Å²) in [6.07, 6.45) is 4.84. The fraction of sp³-hybridized carbons (Fsp3) is 0.429. The highest BCUT2D eigenvalue weighted by Gasteiger charge is 2.30. The maximum atomic E-state index is 12.9. The Balaban J connectivity index is 0.878. The van der Waals surface area contributed by atoms with Gasteiger partial charge in [0.1, 0.15) is 11.9 Å². The molecule has 0 aliphatic carbocycles. The Labute approximate surface area is 335 Å². The van der Waals surface area contributed by atoms with Crippen molar-refractivity contribution in [2.45, 2.75) is 82.4 Å². The Bertz CT molecular complexity index is 2160. The van der Waals surface area contributed by atoms with Crippen LogP contribution in [0.2, 0.25) is 0 Å². The van der Waals surface area contributed by atoms with Crippen molar-refractivity contribution in [2.24, 2.45) is 0 Å². The Morgan fingerprint density at radius 1 is 0.842 bits per heavy atom. The summed E-state index contributed by atoms with van der Waals surface area (Å²) in [4.78, 5) is 40.9. The summed E-state index contributed by atoms with van der Waals surface area (Å²) in [7, 11) is -3.69. The summed E-state index contributed by atoms with van der Waals surface area (Å²) in [5, 5.41) is 12.4. The van der Waals surface area contributed by atoms with E-state index in [2.05, 4.69) is 63.9 Å². The number of piperidine rings is 2. The van der Waals surface area contributed by atoms with Crippen molar-refractivity contribution < 1.29 is 18.0 Å². The molecule has 3 saturated heterocycles. The minimum Gasteiger partial charge on any atom is -0.373 e. The highest BCUT2D eigenvalue weighted by Crippen LogP contribution is 2.28. The standard InChI is InChI=1S/C42H54N10O4S/c1-29-27-43-41(48-39(29)44-32-9-7-10-35(26-32)57(55,56)49-42(2,3)4)45-31-12-14-33(15-13-31)51-20-18-34(19-21-51)52-24-22-50(23-25-52)28-30-8-5-6-11-36(30)46-37-16-17-38(53)47-40(37)54/h5-15,26-27,34,37,46,49H,16-25,28H2,1-4H3,(H,47,53,54)(H2,43,44,45,48). The Morgan fingerprint density at radius 3 is 2.30 bits per heavy atom. The number of aromatic nitrogens is 2. The number of para-hydroxylation sites is 1. The zero-order valence-electron chi connectivity index (χ0n) is 33.2. The third-order valence-electron chi connectivity index (χ3n) is 10.7. The van der Waals surface area contributed by atoms with Crippen molar-refractivity contribution in [3.8, 4) is 0 Å². The lowest BCUT2D eigenvalue weighted by atomic mass is 10.0. The van der Waals surface area contributed by atoms with Gasteiger partial charge in [-0.3, -0.25) is 24.7 Å². The lowest BCUT2D eigenvalue weighted by molar-refractivity contribution is -0.133. The highest BCUT2D eigenvalue weighted by molar-refractivity contribution is 7.89. The Kier molecular flexibility index (Phi) is 12.1. The number of nitrogens with one attached hydrogen (secondary N) is 5. The van der Waals surface area contributed by atoms with Crippen molar-refractivity contribution in [3.05, 3.63) is 90.1 Å². The molecule has 1 atom stereocenters. The van der Waals surface area contributed by atoms with Gasteiger partial charge in [0, 0.05) is 98.3 Å². The van der Waals surface area contributed by atoms with E-state index in [1.165, 1.54) is 11.3 Å². The predicted octanol–water partition coefficient (Wildman–Crippen LogP) is 5.35. The van der Waals surface area contributed by atoms with Crippen molar-refractivity contribution in [1.82, 2.24) is 29.8 Å². The molecule has 4 aromatic rings. The number of hydrogen-bond acceptors (Lipinski definition) is 12. The van der Waals surface area contributed by atoms with E-state index in [1.54, 1.807) is 24.4 Å². The quantitative estimate of drug-likeness (QED) is 0.117. The molecule has 0 spiro atoms. The molecule has 0 radical (unpaired) electrons. The Morgan fingerprint density at radius 2 is 1.58 bits per heavy atom. The van der Waals surface area contributed by atoms with Gasteiger partial charge >= 0.3 is 0 Å². The fourth-order valence-electron chi connectivity index (χ4n) is 7.69. The zero-order chi connectivity index (χ0) is 40.2. The average Bonchev–Trinajstić information content (AvgIpc) is 3.18. The summed E-state index contributed by atoms with van der Waals surface area (Å²) < 4.78 is 28.5. The average molecular weight is 795 g/mol. The number of rotatable bonds is 12. The van der Waals surface area contributed by atoms with Crippen LogP contribution in [0.5, 0.6) is 0 Å². The number of imide groups is 1. The number of hydrogen-bond donors (Lipinski definition) is 5. The molecule has 1 aromatic heterocycles. The van der Waals surface area contributed by atoms with E-state index >= 15 is 0 Å². The number of aryl methyl sites for hydroxylation is 1. The van der Waals surface area contributed by atoms with E-state index in [0.29, 0.717) is 36.3 Å². The molecule has 14 nitrogen and oxygen atoms in total. The van der Waals surface area contributed by atoms with Crippen LogP contribution in [0.3, 0.4) is 0 Å². The summed E-state index contributed by atoms with van der Waals surface area (Å²) in [5.74, 6) is 0.560. The first-order chi connectivity index (χ1) is 27.3. The Hall–Kier alpha value is -5.09. The van der Waals surface area contributed by atoms with Crippen LogP contribution >= 0.6 is 0 Å². The molecule has 57 heavy (non-hydrogen) atoms. The first kappa shape index (κ1) is 40.1. The molecule has 2 amide bonds. The van der Waals surface area contributed by atoms with Gasteiger partial charge in [0.05, 0.1) is 4.90 Å². The second-order valence-electron chi connectivity index (χ2n) is 16.2. The monoisotopic (exact) mass is 794 g/mol. The van der Waals surface area contributed by atoms with Crippen molar-refractivity contribution in [3.63, 3.8) is 0 Å². The van der Waals surface area contributed by atoms with Crippen LogP contribution in [-0.4, -0.2) is 96.9 Å². The van der Waals surface area contributed by atoms with E-state index < -0.39 is 21.6 Å². The molecule has 302 valence electrons. The minimum absolute atomic E-state index is 0.174. The first-order valence-corrected chi connectivity index (χ1v) is 21.3. The van der Waals surface area contributed by atoms with E-state index in [1.807, 2.05) is 64.1 Å². The highest BCUT2D eigenvalue weighted by atomic mass is 32.2. The van der Waals surface area contributed by atoms with Gasteiger partial charge in [0.25, 0.3) is 0 Å². The van der Waals surface area contributed by atoms with Crippen molar-refractivity contribution >= 4 is 56.4 Å². The molecular weight excluding hydrogens is 741 g/mol. The van der Waals surface area contributed by atoms with Crippen LogP contribution in [0, 0.1) is 6.92 Å². The van der Waals surface area contributed by atoms with Crippen LogP contribution in [0.4, 0.5) is 34.5 Å². The van der Waals surface area contributed by atoms with Crippen LogP contribution in [0.25, 0.3) is 0 Å². The summed E-state index contributed by atoms with van der Waals surface area (Å²) in [5.41, 5.74) is 5.02. The van der Waals surface area contributed by atoms with Gasteiger partial charge in [-0.25, -0.2) is 18.1 Å². The van der Waals surface area contributed by atoms with E-state index in [9.17, 15) is 18.0 Å². The van der Waals surface area contributed by atoms with Gasteiger partial charge in [0.15, 0.2) is 0 Å². The second-order valence-corrected chi connectivity index (χ2v) is 17.9. The van der Waals surface area contributed by atoms with Crippen molar-refractivity contribution in [2.75, 3.05) is 60.1 Å². The normalized spacial score (nSPS) is 18.9. The summed E-state index contributed by atoms with van der Waals surface area (Å²) >= 11 is 0. The largest absolute Gasteiger partial charge is 0.373 e. The zero-order valence-corrected chi connectivity index (χ0v) is 34.0. The molecule has 4 heterocycles. The maximum absolute atomic E-state index is 12.9. The molecule has 3 aliphatic heterocycles. The molecule has 3 aliphatic rings. The third-order valence-corrected chi connectivity index (χ3v) is 12.4. The molecule has 1 unspecified atom stereocenters. The number of sulfonamides is 1. The van der Waals surface area contributed by atoms with Crippen LogP contribution in [-0.2, 0) is 26.2 Å².